The molecule has 2 N–H and O–H groups in total. The Bertz CT molecular complexity index is 665. The maximum absolute atomic E-state index is 13.8. The van der Waals surface area contributed by atoms with Gasteiger partial charge in [-0.2, -0.15) is 5.10 Å². The normalized spacial score (nSPS) is 10.8. The molecule has 0 saturated carbocycles. The molecule has 0 radical (unpaired) electrons. The number of hydrogen-bond donors (Lipinski definition) is 2. The van der Waals surface area contributed by atoms with Gasteiger partial charge in [0, 0.05) is 17.0 Å². The van der Waals surface area contributed by atoms with Gasteiger partial charge in [0.05, 0.1) is 6.54 Å². The number of benzene rings is 1. The number of aromatic nitrogens is 3. The first-order chi connectivity index (χ1) is 9.83. The molecule has 3 aromatic rings. The van der Waals surface area contributed by atoms with E-state index in [4.69, 9.17) is 0 Å². The first kappa shape index (κ1) is 13.0. The van der Waals surface area contributed by atoms with Crippen molar-refractivity contribution in [3.05, 3.63) is 59.2 Å². The Morgan fingerprint density at radius 1 is 1.25 bits per heavy atom. The van der Waals surface area contributed by atoms with Crippen LogP contribution in [0.25, 0.3) is 10.4 Å². The van der Waals surface area contributed by atoms with E-state index in [9.17, 15) is 4.39 Å². The van der Waals surface area contributed by atoms with Crippen LogP contribution in [0.2, 0.25) is 0 Å². The van der Waals surface area contributed by atoms with E-state index in [0.717, 1.165) is 16.3 Å². The summed E-state index contributed by atoms with van der Waals surface area (Å²) in [5.41, 5.74) is 1.69. The highest BCUT2D eigenvalue weighted by Crippen LogP contribution is 2.28. The van der Waals surface area contributed by atoms with Gasteiger partial charge in [0.2, 0.25) is 0 Å². The van der Waals surface area contributed by atoms with Gasteiger partial charge in [0.25, 0.3) is 0 Å². The third-order valence-corrected chi connectivity index (χ3v) is 3.81. The van der Waals surface area contributed by atoms with Gasteiger partial charge >= 0.3 is 0 Å². The van der Waals surface area contributed by atoms with Gasteiger partial charge in [-0.3, -0.25) is 5.10 Å². The maximum atomic E-state index is 13.8. The Morgan fingerprint density at radius 3 is 2.95 bits per heavy atom. The van der Waals surface area contributed by atoms with Gasteiger partial charge in [-0.15, -0.1) is 11.3 Å². The van der Waals surface area contributed by atoms with E-state index >= 15 is 0 Å². The average Bonchev–Trinajstić information content (AvgIpc) is 3.13. The van der Waals surface area contributed by atoms with Crippen LogP contribution in [0.15, 0.2) is 42.0 Å². The van der Waals surface area contributed by atoms with Crippen LogP contribution in [-0.2, 0) is 13.1 Å². The van der Waals surface area contributed by atoms with Crippen molar-refractivity contribution in [1.82, 2.24) is 20.5 Å². The van der Waals surface area contributed by atoms with Crippen LogP contribution < -0.4 is 5.32 Å². The molecular weight excluding hydrogens is 275 g/mol. The van der Waals surface area contributed by atoms with E-state index in [2.05, 4.69) is 20.5 Å². The Labute approximate surface area is 119 Å². The molecule has 4 nitrogen and oxygen atoms in total. The molecule has 3 rings (SSSR count). The van der Waals surface area contributed by atoms with Crippen LogP contribution in [0.5, 0.6) is 0 Å². The molecule has 0 aliphatic heterocycles. The molecule has 0 unspecified atom stereocenters. The van der Waals surface area contributed by atoms with E-state index in [0.29, 0.717) is 18.7 Å². The number of thiophene rings is 1. The second-order valence-electron chi connectivity index (χ2n) is 4.33. The van der Waals surface area contributed by atoms with E-state index in [1.54, 1.807) is 6.07 Å². The van der Waals surface area contributed by atoms with Crippen molar-refractivity contribution in [2.24, 2.45) is 0 Å². The van der Waals surface area contributed by atoms with Crippen LogP contribution in [0.4, 0.5) is 4.39 Å². The predicted octanol–water partition coefficient (Wildman–Crippen LogP) is 2.96. The minimum atomic E-state index is -0.188. The summed E-state index contributed by atoms with van der Waals surface area (Å²) >= 11 is 1.54. The van der Waals surface area contributed by atoms with Crippen molar-refractivity contribution >= 4 is 11.3 Å². The monoisotopic (exact) mass is 288 g/mol. The summed E-state index contributed by atoms with van der Waals surface area (Å²) in [4.78, 5) is 4.98. The largest absolute Gasteiger partial charge is 0.306 e. The average molecular weight is 288 g/mol. The zero-order valence-corrected chi connectivity index (χ0v) is 11.5. The zero-order chi connectivity index (χ0) is 13.8. The lowest BCUT2D eigenvalue weighted by atomic mass is 10.1. The summed E-state index contributed by atoms with van der Waals surface area (Å²) in [5.74, 6) is 0.594. The number of hydrogen-bond acceptors (Lipinski definition) is 4. The van der Waals surface area contributed by atoms with Gasteiger partial charge in [0.15, 0.2) is 0 Å². The van der Waals surface area contributed by atoms with Gasteiger partial charge in [-0.05, 0) is 29.1 Å². The molecule has 1 aromatic carbocycles. The van der Waals surface area contributed by atoms with E-state index in [1.807, 2.05) is 23.6 Å². The summed E-state index contributed by atoms with van der Waals surface area (Å²) in [6.45, 7) is 1.26. The summed E-state index contributed by atoms with van der Waals surface area (Å²) in [6.07, 6.45) is 1.48. The van der Waals surface area contributed by atoms with Crippen molar-refractivity contribution in [3.63, 3.8) is 0 Å². The first-order valence-electron chi connectivity index (χ1n) is 6.20. The Balaban J connectivity index is 1.69. The molecule has 0 amide bonds. The number of halogens is 1. The number of H-pyrrole nitrogens is 1. The third-order valence-electron chi connectivity index (χ3n) is 2.90. The number of rotatable bonds is 5. The molecule has 0 aliphatic carbocycles. The summed E-state index contributed by atoms with van der Waals surface area (Å²) in [5, 5.41) is 11.8. The van der Waals surface area contributed by atoms with E-state index in [-0.39, 0.29) is 5.82 Å². The fourth-order valence-electron chi connectivity index (χ4n) is 1.94. The molecule has 20 heavy (non-hydrogen) atoms. The number of nitrogens with zero attached hydrogens (tertiary/aromatic N) is 2. The highest BCUT2D eigenvalue weighted by Gasteiger charge is 2.07. The number of aromatic amines is 1. The van der Waals surface area contributed by atoms with Crippen molar-refractivity contribution < 1.29 is 4.39 Å². The quantitative estimate of drug-likeness (QED) is 0.759. The molecule has 0 aliphatic rings. The number of nitrogens with one attached hydrogen (secondary N) is 2. The zero-order valence-electron chi connectivity index (χ0n) is 10.6. The maximum Gasteiger partial charge on any atom is 0.138 e. The van der Waals surface area contributed by atoms with Crippen LogP contribution >= 0.6 is 11.3 Å². The highest BCUT2D eigenvalue weighted by molar-refractivity contribution is 7.13. The van der Waals surface area contributed by atoms with Crippen molar-refractivity contribution in [2.45, 2.75) is 13.1 Å². The standard InChI is InChI=1S/C14H13FN4S/c15-12-4-3-10(6-11(12)13-2-1-5-20-13)7-16-8-14-17-9-18-19-14/h1-6,9,16H,7-8H2,(H,17,18,19). The summed E-state index contributed by atoms with van der Waals surface area (Å²) in [7, 11) is 0. The predicted molar refractivity (Wildman–Crippen MR) is 76.6 cm³/mol. The Morgan fingerprint density at radius 2 is 2.20 bits per heavy atom. The molecule has 0 bridgehead atoms. The van der Waals surface area contributed by atoms with Crippen LogP contribution in [0.1, 0.15) is 11.4 Å². The fraction of sp³-hybridized carbons (Fsp3) is 0.143. The molecule has 0 spiro atoms. The first-order valence-corrected chi connectivity index (χ1v) is 7.08. The third kappa shape index (κ3) is 2.92. The topological polar surface area (TPSA) is 53.6 Å². The van der Waals surface area contributed by atoms with Gasteiger partial charge < -0.3 is 5.32 Å². The molecule has 2 aromatic heterocycles. The molecular formula is C14H13FN4S. The van der Waals surface area contributed by atoms with Gasteiger partial charge in [0.1, 0.15) is 18.0 Å². The molecule has 0 saturated heterocycles. The smallest absolute Gasteiger partial charge is 0.138 e. The summed E-state index contributed by atoms with van der Waals surface area (Å²) in [6, 6.07) is 9.04. The van der Waals surface area contributed by atoms with Crippen LogP contribution in [-0.4, -0.2) is 15.2 Å². The van der Waals surface area contributed by atoms with E-state index < -0.39 is 0 Å². The summed E-state index contributed by atoms with van der Waals surface area (Å²) < 4.78 is 13.8. The lowest BCUT2D eigenvalue weighted by Crippen LogP contribution is -2.13. The van der Waals surface area contributed by atoms with Crippen LogP contribution in [0, 0.1) is 5.82 Å². The van der Waals surface area contributed by atoms with Gasteiger partial charge in [-0.25, -0.2) is 9.37 Å². The van der Waals surface area contributed by atoms with E-state index in [1.165, 1.54) is 23.7 Å². The SMILES string of the molecule is Fc1ccc(CNCc2ncn[nH]2)cc1-c1cccs1. The highest BCUT2D eigenvalue weighted by atomic mass is 32.1. The fourth-order valence-corrected chi connectivity index (χ4v) is 2.69. The van der Waals surface area contributed by atoms with Gasteiger partial charge in [-0.1, -0.05) is 12.1 Å². The van der Waals surface area contributed by atoms with Crippen molar-refractivity contribution in [3.8, 4) is 10.4 Å². The Kier molecular flexibility index (Phi) is 3.85. The minimum absolute atomic E-state index is 0.188. The molecule has 0 atom stereocenters. The van der Waals surface area contributed by atoms with Crippen molar-refractivity contribution in [1.29, 1.82) is 0 Å². The lowest BCUT2D eigenvalue weighted by molar-refractivity contribution is 0.627. The molecule has 2 heterocycles. The molecule has 6 heteroatoms. The molecule has 102 valence electrons. The lowest BCUT2D eigenvalue weighted by Gasteiger charge is -2.06. The Hall–Kier alpha value is -2.05. The van der Waals surface area contributed by atoms with Crippen LogP contribution in [0.3, 0.4) is 0 Å². The minimum Gasteiger partial charge on any atom is -0.306 e. The van der Waals surface area contributed by atoms with Crippen molar-refractivity contribution in [2.75, 3.05) is 0 Å². The molecule has 0 fully saturated rings. The second kappa shape index (κ2) is 5.94. The second-order valence-corrected chi connectivity index (χ2v) is 5.27.